The van der Waals surface area contributed by atoms with Gasteiger partial charge in [0.2, 0.25) is 0 Å². The molecule has 1 fully saturated rings. The molecule has 4 nitrogen and oxygen atoms in total. The zero-order chi connectivity index (χ0) is 13.1. The summed E-state index contributed by atoms with van der Waals surface area (Å²) in [6.45, 7) is 1.26. The number of Topliss-reactive ketones (excluding diaryl/α,β-unsaturated/α-hetero) is 1. The summed E-state index contributed by atoms with van der Waals surface area (Å²) in [5, 5.41) is 0.501. The van der Waals surface area contributed by atoms with Gasteiger partial charge in [-0.2, -0.15) is 0 Å². The highest BCUT2D eigenvalue weighted by atomic mass is 35.5. The van der Waals surface area contributed by atoms with Crippen LogP contribution in [0.25, 0.3) is 0 Å². The van der Waals surface area contributed by atoms with Crippen LogP contribution in [-0.4, -0.2) is 33.1 Å². The Morgan fingerprint density at radius 2 is 1.94 bits per heavy atom. The first-order valence-electron chi connectivity index (χ1n) is 5.84. The lowest BCUT2D eigenvalue weighted by Crippen LogP contribution is -2.35. The molecule has 0 aliphatic carbocycles. The topological polar surface area (TPSA) is 38.8 Å². The first-order chi connectivity index (χ1) is 8.65. The van der Waals surface area contributed by atoms with Crippen molar-refractivity contribution in [2.45, 2.75) is 12.8 Å². The maximum absolute atomic E-state index is 11.5. The summed E-state index contributed by atoms with van der Waals surface area (Å²) in [4.78, 5) is 13.5. The number of benzene rings is 1. The van der Waals surface area contributed by atoms with E-state index in [0.717, 1.165) is 18.7 Å². The van der Waals surface area contributed by atoms with Crippen LogP contribution in [0.5, 0.6) is 11.5 Å². The van der Waals surface area contributed by atoms with Gasteiger partial charge < -0.3 is 14.4 Å². The maximum Gasteiger partial charge on any atom is 0.152 e. The van der Waals surface area contributed by atoms with E-state index in [1.54, 1.807) is 20.3 Å². The molecular weight excluding hydrogens is 254 g/mol. The Hall–Kier alpha value is -1.42. The highest BCUT2D eigenvalue weighted by Crippen LogP contribution is 2.38. The number of ether oxygens (including phenoxy) is 2. The van der Waals surface area contributed by atoms with Crippen LogP contribution in [0.4, 0.5) is 5.69 Å². The van der Waals surface area contributed by atoms with Gasteiger partial charge in [0.25, 0.3) is 0 Å². The van der Waals surface area contributed by atoms with Gasteiger partial charge in [-0.1, -0.05) is 11.6 Å². The second-order valence-corrected chi connectivity index (χ2v) is 4.63. The van der Waals surface area contributed by atoms with Crippen molar-refractivity contribution in [3.63, 3.8) is 0 Å². The fourth-order valence-corrected chi connectivity index (χ4v) is 2.37. The van der Waals surface area contributed by atoms with E-state index in [1.165, 1.54) is 0 Å². The van der Waals surface area contributed by atoms with Gasteiger partial charge in [0.1, 0.15) is 11.5 Å². The van der Waals surface area contributed by atoms with Gasteiger partial charge >= 0.3 is 0 Å². The van der Waals surface area contributed by atoms with Crippen molar-refractivity contribution in [3.05, 3.63) is 17.2 Å². The molecule has 0 amide bonds. The number of hydrogen-bond donors (Lipinski definition) is 0. The molecule has 1 aromatic rings. The average Bonchev–Trinajstić information content (AvgIpc) is 2.38. The molecule has 1 aliphatic rings. The van der Waals surface area contributed by atoms with Crippen molar-refractivity contribution >= 4 is 23.1 Å². The van der Waals surface area contributed by atoms with E-state index in [0.29, 0.717) is 29.5 Å². The smallest absolute Gasteiger partial charge is 0.152 e. The van der Waals surface area contributed by atoms with Crippen molar-refractivity contribution in [1.82, 2.24) is 0 Å². The second-order valence-electron chi connectivity index (χ2n) is 4.22. The first-order valence-corrected chi connectivity index (χ1v) is 6.21. The predicted octanol–water partition coefficient (Wildman–Crippen LogP) is 2.53. The molecule has 1 heterocycles. The molecule has 0 atom stereocenters. The third-order valence-electron chi connectivity index (χ3n) is 3.04. The van der Waals surface area contributed by atoms with E-state index in [1.807, 2.05) is 11.0 Å². The predicted molar refractivity (Wildman–Crippen MR) is 71.0 cm³/mol. The Kier molecular flexibility index (Phi) is 3.97. The summed E-state index contributed by atoms with van der Waals surface area (Å²) in [6, 6.07) is 3.54. The van der Waals surface area contributed by atoms with Crippen molar-refractivity contribution in [1.29, 1.82) is 0 Å². The number of hydrogen-bond acceptors (Lipinski definition) is 4. The first kappa shape index (κ1) is 13.0. The number of piperidine rings is 1. The lowest BCUT2D eigenvalue weighted by Gasteiger charge is -2.29. The van der Waals surface area contributed by atoms with Crippen LogP contribution in [0.15, 0.2) is 12.1 Å². The molecular formula is C13H16ClNO3. The lowest BCUT2D eigenvalue weighted by atomic mass is 10.1. The number of carbonyl (C=O) groups is 1. The molecule has 0 N–H and O–H groups in total. The summed E-state index contributed by atoms with van der Waals surface area (Å²) >= 11 is 6.06. The number of methoxy groups -OCH3 is 2. The Morgan fingerprint density at radius 3 is 2.56 bits per heavy atom. The normalized spacial score (nSPS) is 15.7. The SMILES string of the molecule is COc1cc(N2CCCC(=O)C2)c(OC)cc1Cl. The number of carbonyl (C=O) groups excluding carboxylic acids is 1. The van der Waals surface area contributed by atoms with E-state index < -0.39 is 0 Å². The molecule has 0 radical (unpaired) electrons. The van der Waals surface area contributed by atoms with Gasteiger partial charge in [0, 0.05) is 25.1 Å². The fraction of sp³-hybridized carbons (Fsp3) is 0.462. The van der Waals surface area contributed by atoms with Crippen LogP contribution in [0.2, 0.25) is 5.02 Å². The molecule has 0 bridgehead atoms. The second kappa shape index (κ2) is 5.48. The standard InChI is InChI=1S/C13H16ClNO3/c1-17-12-7-11(13(18-2)6-10(12)14)15-5-3-4-9(16)8-15/h6-7H,3-5,8H2,1-2H3. The Bertz CT molecular complexity index is 462. The minimum Gasteiger partial charge on any atom is -0.495 e. The average molecular weight is 270 g/mol. The van der Waals surface area contributed by atoms with Gasteiger partial charge in [-0.15, -0.1) is 0 Å². The summed E-state index contributed by atoms with van der Waals surface area (Å²) < 4.78 is 10.5. The lowest BCUT2D eigenvalue weighted by molar-refractivity contribution is -0.118. The Balaban J connectivity index is 2.38. The molecule has 0 saturated carbocycles. The van der Waals surface area contributed by atoms with Gasteiger partial charge in [0.05, 0.1) is 31.5 Å². The van der Waals surface area contributed by atoms with Crippen LogP contribution < -0.4 is 14.4 Å². The van der Waals surface area contributed by atoms with Crippen LogP contribution in [0, 0.1) is 0 Å². The zero-order valence-electron chi connectivity index (χ0n) is 10.5. The molecule has 1 aliphatic heterocycles. The number of rotatable bonds is 3. The molecule has 0 spiro atoms. The Morgan fingerprint density at radius 1 is 1.22 bits per heavy atom. The number of anilines is 1. The van der Waals surface area contributed by atoms with Gasteiger partial charge in [-0.05, 0) is 6.42 Å². The fourth-order valence-electron chi connectivity index (χ4n) is 2.14. The molecule has 1 aromatic carbocycles. The van der Waals surface area contributed by atoms with Crippen molar-refractivity contribution < 1.29 is 14.3 Å². The molecule has 98 valence electrons. The third-order valence-corrected chi connectivity index (χ3v) is 3.34. The number of halogens is 1. The van der Waals surface area contributed by atoms with Gasteiger partial charge in [-0.25, -0.2) is 0 Å². The third kappa shape index (κ3) is 2.53. The maximum atomic E-state index is 11.5. The van der Waals surface area contributed by atoms with Crippen molar-refractivity contribution in [2.24, 2.45) is 0 Å². The van der Waals surface area contributed by atoms with Gasteiger partial charge in [-0.3, -0.25) is 4.79 Å². The summed E-state index contributed by atoms with van der Waals surface area (Å²) in [5.74, 6) is 1.50. The van der Waals surface area contributed by atoms with E-state index in [-0.39, 0.29) is 5.78 Å². The van der Waals surface area contributed by atoms with Crippen LogP contribution in [0.1, 0.15) is 12.8 Å². The largest absolute Gasteiger partial charge is 0.495 e. The zero-order valence-corrected chi connectivity index (χ0v) is 11.3. The van der Waals surface area contributed by atoms with Crippen molar-refractivity contribution in [3.8, 4) is 11.5 Å². The van der Waals surface area contributed by atoms with Gasteiger partial charge in [0.15, 0.2) is 5.78 Å². The minimum atomic E-state index is 0.247. The Labute approximate surface area is 111 Å². The van der Waals surface area contributed by atoms with Crippen LogP contribution >= 0.6 is 11.6 Å². The van der Waals surface area contributed by atoms with E-state index in [4.69, 9.17) is 21.1 Å². The summed E-state index contributed by atoms with van der Waals surface area (Å²) in [5.41, 5.74) is 0.854. The number of nitrogens with zero attached hydrogens (tertiary/aromatic N) is 1. The van der Waals surface area contributed by atoms with E-state index >= 15 is 0 Å². The summed E-state index contributed by atoms with van der Waals surface area (Å²) in [7, 11) is 3.16. The molecule has 2 rings (SSSR count). The monoisotopic (exact) mass is 269 g/mol. The van der Waals surface area contributed by atoms with E-state index in [2.05, 4.69) is 0 Å². The van der Waals surface area contributed by atoms with Crippen LogP contribution in [-0.2, 0) is 4.79 Å². The molecule has 1 saturated heterocycles. The number of ketones is 1. The van der Waals surface area contributed by atoms with E-state index in [9.17, 15) is 4.79 Å². The molecule has 0 unspecified atom stereocenters. The highest BCUT2D eigenvalue weighted by Gasteiger charge is 2.21. The molecule has 18 heavy (non-hydrogen) atoms. The minimum absolute atomic E-state index is 0.247. The molecule has 5 heteroatoms. The molecule has 0 aromatic heterocycles. The quantitative estimate of drug-likeness (QED) is 0.845. The highest BCUT2D eigenvalue weighted by molar-refractivity contribution is 6.32. The van der Waals surface area contributed by atoms with Crippen LogP contribution in [0.3, 0.4) is 0 Å². The summed E-state index contributed by atoms with van der Waals surface area (Å²) in [6.07, 6.45) is 1.52. The van der Waals surface area contributed by atoms with Crippen molar-refractivity contribution in [2.75, 3.05) is 32.2 Å².